The predicted octanol–water partition coefficient (Wildman–Crippen LogP) is 2.73. The molecule has 0 aliphatic heterocycles. The van der Waals surface area contributed by atoms with Crippen LogP contribution in [0.1, 0.15) is 0 Å². The molecule has 2 rings (SSSR count). The van der Waals surface area contributed by atoms with Crippen molar-refractivity contribution in [2.75, 3.05) is 6.26 Å². The molecule has 0 radical (unpaired) electrons. The number of carbonyl (C=O) groups excluding carboxylic acids is 1. The van der Waals surface area contributed by atoms with Crippen molar-refractivity contribution in [2.24, 2.45) is 11.8 Å². The van der Waals surface area contributed by atoms with Gasteiger partial charge < -0.3 is 0 Å². The molecule has 2 aliphatic rings. The lowest BCUT2D eigenvalue weighted by molar-refractivity contribution is -0.121. The van der Waals surface area contributed by atoms with Crippen molar-refractivity contribution in [3.8, 4) is 0 Å². The smallest absolute Gasteiger partial charge is 0.155 e. The number of rotatable bonds is 3. The molecule has 0 bridgehead atoms. The summed E-state index contributed by atoms with van der Waals surface area (Å²) < 4.78 is 0. The van der Waals surface area contributed by atoms with Gasteiger partial charge in [-0.2, -0.15) is 0 Å². The highest BCUT2D eigenvalue weighted by Crippen LogP contribution is 2.31. The maximum Gasteiger partial charge on any atom is 0.155 e. The average Bonchev–Trinajstić information content (AvgIpc) is 2.87. The minimum Gasteiger partial charge on any atom is -0.298 e. The molecular formula is C12H12OS. The Morgan fingerprint density at radius 3 is 2.57 bits per heavy atom. The van der Waals surface area contributed by atoms with E-state index in [4.69, 9.17) is 0 Å². The van der Waals surface area contributed by atoms with E-state index in [0.29, 0.717) is 0 Å². The maximum absolute atomic E-state index is 12.0. The minimum atomic E-state index is -0.0155. The van der Waals surface area contributed by atoms with E-state index >= 15 is 0 Å². The molecule has 2 heteroatoms. The lowest BCUT2D eigenvalue weighted by atomic mass is 9.95. The van der Waals surface area contributed by atoms with Gasteiger partial charge in [0, 0.05) is 0 Å². The first kappa shape index (κ1) is 9.53. The fourth-order valence-corrected chi connectivity index (χ4v) is 2.38. The van der Waals surface area contributed by atoms with Crippen molar-refractivity contribution in [1.82, 2.24) is 0 Å². The first-order chi connectivity index (χ1) is 6.83. The zero-order valence-corrected chi connectivity index (χ0v) is 8.83. The van der Waals surface area contributed by atoms with Crippen LogP contribution in [0.4, 0.5) is 0 Å². The van der Waals surface area contributed by atoms with Gasteiger partial charge in [0.25, 0.3) is 0 Å². The zero-order chi connectivity index (χ0) is 9.97. The van der Waals surface area contributed by atoms with Crippen LogP contribution in [0.2, 0.25) is 0 Å². The van der Waals surface area contributed by atoms with E-state index < -0.39 is 0 Å². The summed E-state index contributed by atoms with van der Waals surface area (Å²) in [6.45, 7) is 0. The van der Waals surface area contributed by atoms with Gasteiger partial charge in [0.2, 0.25) is 0 Å². The molecule has 1 unspecified atom stereocenters. The number of ketones is 1. The van der Waals surface area contributed by atoms with Gasteiger partial charge in [0.05, 0.1) is 11.8 Å². The average molecular weight is 204 g/mol. The molecule has 1 nitrogen and oxygen atoms in total. The van der Waals surface area contributed by atoms with Crippen LogP contribution >= 0.6 is 11.8 Å². The third kappa shape index (κ3) is 1.62. The Bertz CT molecular complexity index is 349. The second-order valence-corrected chi connectivity index (χ2v) is 4.21. The Labute approximate surface area is 88.3 Å². The largest absolute Gasteiger partial charge is 0.298 e. The first-order valence-electron chi connectivity index (χ1n) is 4.64. The van der Waals surface area contributed by atoms with Gasteiger partial charge in [0.15, 0.2) is 5.78 Å². The van der Waals surface area contributed by atoms with Crippen molar-refractivity contribution in [3.63, 3.8) is 0 Å². The summed E-state index contributed by atoms with van der Waals surface area (Å²) in [5.41, 5.74) is 0. The minimum absolute atomic E-state index is 0.0117. The number of hydrogen-bond donors (Lipinski definition) is 0. The summed E-state index contributed by atoms with van der Waals surface area (Å²) in [7, 11) is 0. The molecule has 0 amide bonds. The summed E-state index contributed by atoms with van der Waals surface area (Å²) in [6.07, 6.45) is 15.8. The number of allylic oxidation sites excluding steroid dienone is 8. The number of Topliss-reactive ketones (excluding diaryl/α,β-unsaturated/α-hetero) is 1. The van der Waals surface area contributed by atoms with Gasteiger partial charge in [-0.3, -0.25) is 4.79 Å². The van der Waals surface area contributed by atoms with Crippen LogP contribution in [0.15, 0.2) is 47.4 Å². The van der Waals surface area contributed by atoms with Gasteiger partial charge in [-0.25, -0.2) is 0 Å². The molecular weight excluding hydrogens is 192 g/mol. The molecule has 0 fully saturated rings. The van der Waals surface area contributed by atoms with E-state index in [1.807, 2.05) is 48.8 Å². The van der Waals surface area contributed by atoms with Crippen LogP contribution in [0.5, 0.6) is 0 Å². The van der Waals surface area contributed by atoms with E-state index in [0.717, 1.165) is 4.91 Å². The van der Waals surface area contributed by atoms with E-state index in [9.17, 15) is 4.79 Å². The topological polar surface area (TPSA) is 17.1 Å². The highest BCUT2D eigenvalue weighted by Gasteiger charge is 2.26. The fraction of sp³-hybridized carbons (Fsp3) is 0.250. The Morgan fingerprint density at radius 1 is 1.21 bits per heavy atom. The van der Waals surface area contributed by atoms with Gasteiger partial charge in [-0.1, -0.05) is 42.5 Å². The van der Waals surface area contributed by atoms with Crippen LogP contribution in [0, 0.1) is 11.8 Å². The molecule has 0 aromatic rings. The summed E-state index contributed by atoms with van der Waals surface area (Å²) in [5.74, 6) is 0.255. The van der Waals surface area contributed by atoms with E-state index in [1.54, 1.807) is 11.8 Å². The third-order valence-electron chi connectivity index (χ3n) is 2.49. The van der Waals surface area contributed by atoms with E-state index in [1.165, 1.54) is 0 Å². The van der Waals surface area contributed by atoms with Crippen molar-refractivity contribution in [3.05, 3.63) is 47.4 Å². The second kappa shape index (κ2) is 4.01. The van der Waals surface area contributed by atoms with Crippen molar-refractivity contribution < 1.29 is 4.79 Å². The number of thioether (sulfide) groups is 1. The number of hydrogen-bond acceptors (Lipinski definition) is 2. The highest BCUT2D eigenvalue weighted by molar-refractivity contribution is 8.02. The van der Waals surface area contributed by atoms with Crippen LogP contribution < -0.4 is 0 Å². The van der Waals surface area contributed by atoms with Crippen molar-refractivity contribution in [1.29, 1.82) is 0 Å². The lowest BCUT2D eigenvalue weighted by Crippen LogP contribution is -2.18. The second-order valence-electron chi connectivity index (χ2n) is 3.33. The van der Waals surface area contributed by atoms with Gasteiger partial charge in [-0.15, -0.1) is 11.8 Å². The molecule has 72 valence electrons. The standard InChI is InChI=1S/C12H12OS/c1-14-11-8-4-7-10(11)12(13)9-5-2-3-6-9/h2-10H,1H3. The summed E-state index contributed by atoms with van der Waals surface area (Å²) in [5, 5.41) is 0. The van der Waals surface area contributed by atoms with Crippen LogP contribution in [0.3, 0.4) is 0 Å². The summed E-state index contributed by atoms with van der Waals surface area (Å²) >= 11 is 1.66. The monoisotopic (exact) mass is 204 g/mol. The van der Waals surface area contributed by atoms with Gasteiger partial charge >= 0.3 is 0 Å². The van der Waals surface area contributed by atoms with E-state index in [-0.39, 0.29) is 17.6 Å². The quantitative estimate of drug-likeness (QED) is 0.703. The molecule has 0 heterocycles. The van der Waals surface area contributed by atoms with Gasteiger partial charge in [0.1, 0.15) is 0 Å². The molecule has 1 atom stereocenters. The maximum atomic E-state index is 12.0. The fourth-order valence-electron chi connectivity index (χ4n) is 1.72. The van der Waals surface area contributed by atoms with Crippen molar-refractivity contribution >= 4 is 17.5 Å². The van der Waals surface area contributed by atoms with Gasteiger partial charge in [-0.05, 0) is 11.2 Å². The molecule has 0 saturated heterocycles. The Morgan fingerprint density at radius 2 is 1.93 bits per heavy atom. The normalized spacial score (nSPS) is 24.6. The van der Waals surface area contributed by atoms with Crippen LogP contribution in [-0.4, -0.2) is 12.0 Å². The molecule has 2 aliphatic carbocycles. The molecule has 0 saturated carbocycles. The Balaban J connectivity index is 2.12. The van der Waals surface area contributed by atoms with Crippen LogP contribution in [0.25, 0.3) is 0 Å². The van der Waals surface area contributed by atoms with Crippen molar-refractivity contribution in [2.45, 2.75) is 0 Å². The summed E-state index contributed by atoms with van der Waals surface area (Å²) in [4.78, 5) is 13.2. The molecule has 0 spiro atoms. The Hall–Kier alpha value is -1.02. The highest BCUT2D eigenvalue weighted by atomic mass is 32.2. The molecule has 0 aromatic carbocycles. The molecule has 14 heavy (non-hydrogen) atoms. The SMILES string of the molecule is CSC1=CC=CC1C(=O)C1C=CC=C1. The van der Waals surface area contributed by atoms with Crippen LogP contribution in [-0.2, 0) is 4.79 Å². The van der Waals surface area contributed by atoms with E-state index in [2.05, 4.69) is 0 Å². The lowest BCUT2D eigenvalue weighted by Gasteiger charge is -2.13. The third-order valence-corrected chi connectivity index (χ3v) is 3.35. The summed E-state index contributed by atoms with van der Waals surface area (Å²) in [6, 6.07) is 0. The predicted molar refractivity (Wildman–Crippen MR) is 61.0 cm³/mol. The number of carbonyl (C=O) groups is 1. The zero-order valence-electron chi connectivity index (χ0n) is 8.01. The molecule has 0 aromatic heterocycles. The Kier molecular flexibility index (Phi) is 2.73. The first-order valence-corrected chi connectivity index (χ1v) is 5.86. The molecule has 0 N–H and O–H groups in total.